The molecule has 1 N–H and O–H groups in total. The van der Waals surface area contributed by atoms with E-state index in [2.05, 4.69) is 5.32 Å². The standard InChI is InChI=1S/C18H15ClN2O4/c1-24-15-6-2-12(3-7-15)8-18(23)25-11-17(22)21-16-9-14(19)5-4-13(16)10-20/h2-7,9H,8,11H2,1H3,(H,21,22). The summed E-state index contributed by atoms with van der Waals surface area (Å²) in [5.74, 6) is -0.403. The number of ether oxygens (including phenoxy) is 2. The van der Waals surface area contributed by atoms with Crippen molar-refractivity contribution in [1.29, 1.82) is 5.26 Å². The molecular formula is C18H15ClN2O4. The highest BCUT2D eigenvalue weighted by atomic mass is 35.5. The Morgan fingerprint density at radius 2 is 1.92 bits per heavy atom. The van der Waals surface area contributed by atoms with Crippen LogP contribution in [-0.2, 0) is 20.7 Å². The van der Waals surface area contributed by atoms with E-state index in [1.807, 2.05) is 6.07 Å². The van der Waals surface area contributed by atoms with Gasteiger partial charge in [0, 0.05) is 5.02 Å². The van der Waals surface area contributed by atoms with E-state index in [1.54, 1.807) is 37.4 Å². The molecule has 128 valence electrons. The Bertz CT molecular complexity index is 813. The summed E-state index contributed by atoms with van der Waals surface area (Å²) in [6.45, 7) is -0.452. The molecule has 2 aromatic carbocycles. The molecule has 0 heterocycles. The quantitative estimate of drug-likeness (QED) is 0.802. The normalized spacial score (nSPS) is 9.80. The van der Waals surface area contributed by atoms with Gasteiger partial charge in [0.1, 0.15) is 11.8 Å². The Hall–Kier alpha value is -3.04. The molecule has 0 spiro atoms. The third-order valence-electron chi connectivity index (χ3n) is 3.25. The molecule has 2 aromatic rings. The zero-order chi connectivity index (χ0) is 18.2. The van der Waals surface area contributed by atoms with Gasteiger partial charge in [-0.1, -0.05) is 23.7 Å². The lowest BCUT2D eigenvalue weighted by Gasteiger charge is -2.08. The van der Waals surface area contributed by atoms with Crippen molar-refractivity contribution in [2.75, 3.05) is 19.0 Å². The molecule has 0 saturated carbocycles. The zero-order valence-electron chi connectivity index (χ0n) is 13.4. The van der Waals surface area contributed by atoms with Crippen LogP contribution in [0.4, 0.5) is 5.69 Å². The van der Waals surface area contributed by atoms with E-state index in [-0.39, 0.29) is 17.7 Å². The number of hydrogen-bond donors (Lipinski definition) is 1. The van der Waals surface area contributed by atoms with Gasteiger partial charge in [-0.15, -0.1) is 0 Å². The van der Waals surface area contributed by atoms with Gasteiger partial charge >= 0.3 is 5.97 Å². The average Bonchev–Trinajstić information content (AvgIpc) is 2.61. The fraction of sp³-hybridized carbons (Fsp3) is 0.167. The first-order chi connectivity index (χ1) is 12.0. The molecule has 7 heteroatoms. The molecule has 0 aliphatic rings. The second kappa shape index (κ2) is 8.71. The minimum atomic E-state index is -0.554. The average molecular weight is 359 g/mol. The number of carbonyl (C=O) groups excluding carboxylic acids is 2. The van der Waals surface area contributed by atoms with Gasteiger partial charge in [-0.2, -0.15) is 5.26 Å². The molecule has 25 heavy (non-hydrogen) atoms. The van der Waals surface area contributed by atoms with Crippen molar-refractivity contribution in [2.24, 2.45) is 0 Å². The predicted molar refractivity (Wildman–Crippen MR) is 92.5 cm³/mol. The lowest BCUT2D eigenvalue weighted by atomic mass is 10.1. The van der Waals surface area contributed by atoms with Gasteiger partial charge in [0.25, 0.3) is 5.91 Å². The molecule has 0 radical (unpaired) electrons. The summed E-state index contributed by atoms with van der Waals surface area (Å²) in [5.41, 5.74) is 1.28. The third-order valence-corrected chi connectivity index (χ3v) is 3.48. The molecule has 1 amide bonds. The number of benzene rings is 2. The Morgan fingerprint density at radius 1 is 1.20 bits per heavy atom. The molecule has 0 aliphatic heterocycles. The summed E-state index contributed by atoms with van der Waals surface area (Å²) >= 11 is 5.84. The molecule has 2 rings (SSSR count). The lowest BCUT2D eigenvalue weighted by Crippen LogP contribution is -2.22. The Kier molecular flexibility index (Phi) is 6.38. The molecule has 6 nitrogen and oxygen atoms in total. The van der Waals surface area contributed by atoms with E-state index in [0.29, 0.717) is 10.8 Å². The smallest absolute Gasteiger partial charge is 0.310 e. The molecule has 0 saturated heterocycles. The third kappa shape index (κ3) is 5.52. The maximum absolute atomic E-state index is 11.9. The number of methoxy groups -OCH3 is 1. The van der Waals surface area contributed by atoms with Gasteiger partial charge in [-0.3, -0.25) is 9.59 Å². The maximum atomic E-state index is 11.9. The van der Waals surface area contributed by atoms with Crippen molar-refractivity contribution in [2.45, 2.75) is 6.42 Å². The summed E-state index contributed by atoms with van der Waals surface area (Å²) < 4.78 is 9.98. The van der Waals surface area contributed by atoms with Gasteiger partial charge in [0.15, 0.2) is 6.61 Å². The first-order valence-electron chi connectivity index (χ1n) is 7.30. The highest BCUT2D eigenvalue weighted by Gasteiger charge is 2.11. The van der Waals surface area contributed by atoms with E-state index < -0.39 is 18.5 Å². The van der Waals surface area contributed by atoms with E-state index in [9.17, 15) is 9.59 Å². The number of halogens is 1. The van der Waals surface area contributed by atoms with Crippen LogP contribution in [0.15, 0.2) is 42.5 Å². The first kappa shape index (κ1) is 18.3. The summed E-state index contributed by atoms with van der Waals surface area (Å²) in [6, 6.07) is 13.4. The number of carbonyl (C=O) groups is 2. The number of anilines is 1. The van der Waals surface area contributed by atoms with E-state index in [1.165, 1.54) is 12.1 Å². The van der Waals surface area contributed by atoms with Crippen LogP contribution in [0, 0.1) is 11.3 Å². The van der Waals surface area contributed by atoms with Gasteiger partial charge in [0.05, 0.1) is 24.8 Å². The van der Waals surface area contributed by atoms with Crippen molar-refractivity contribution in [1.82, 2.24) is 0 Å². The van der Waals surface area contributed by atoms with Crippen molar-refractivity contribution >= 4 is 29.2 Å². The Morgan fingerprint density at radius 3 is 2.56 bits per heavy atom. The number of esters is 1. The largest absolute Gasteiger partial charge is 0.497 e. The minimum Gasteiger partial charge on any atom is -0.497 e. The van der Waals surface area contributed by atoms with E-state index in [4.69, 9.17) is 26.3 Å². The van der Waals surface area contributed by atoms with Crippen LogP contribution in [0.3, 0.4) is 0 Å². The van der Waals surface area contributed by atoms with Crippen LogP contribution < -0.4 is 10.1 Å². The summed E-state index contributed by atoms with van der Waals surface area (Å²) in [5, 5.41) is 11.9. The lowest BCUT2D eigenvalue weighted by molar-refractivity contribution is -0.146. The minimum absolute atomic E-state index is 0.0396. The highest BCUT2D eigenvalue weighted by Crippen LogP contribution is 2.20. The summed E-state index contributed by atoms with van der Waals surface area (Å²) in [4.78, 5) is 23.7. The van der Waals surface area contributed by atoms with Crippen LogP contribution in [0.25, 0.3) is 0 Å². The summed E-state index contributed by atoms with van der Waals surface area (Å²) in [6.07, 6.45) is 0.0396. The fourth-order valence-corrected chi connectivity index (χ4v) is 2.18. The van der Waals surface area contributed by atoms with Crippen molar-refractivity contribution in [3.63, 3.8) is 0 Å². The number of rotatable bonds is 6. The molecule has 0 unspecified atom stereocenters. The molecule has 0 bridgehead atoms. The Labute approximate surface area is 149 Å². The topological polar surface area (TPSA) is 88.4 Å². The molecular weight excluding hydrogens is 344 g/mol. The Balaban J connectivity index is 1.86. The van der Waals surface area contributed by atoms with Crippen molar-refractivity contribution in [3.8, 4) is 11.8 Å². The zero-order valence-corrected chi connectivity index (χ0v) is 14.2. The fourth-order valence-electron chi connectivity index (χ4n) is 2.01. The van der Waals surface area contributed by atoms with Crippen LogP contribution in [0.1, 0.15) is 11.1 Å². The summed E-state index contributed by atoms with van der Waals surface area (Å²) in [7, 11) is 1.56. The second-order valence-electron chi connectivity index (χ2n) is 5.04. The van der Waals surface area contributed by atoms with E-state index >= 15 is 0 Å². The van der Waals surface area contributed by atoms with Crippen LogP contribution >= 0.6 is 11.6 Å². The van der Waals surface area contributed by atoms with Gasteiger partial charge < -0.3 is 14.8 Å². The van der Waals surface area contributed by atoms with Gasteiger partial charge in [-0.25, -0.2) is 0 Å². The first-order valence-corrected chi connectivity index (χ1v) is 7.67. The number of nitriles is 1. The highest BCUT2D eigenvalue weighted by molar-refractivity contribution is 6.31. The number of nitrogens with one attached hydrogen (secondary N) is 1. The molecule has 0 fully saturated rings. The molecule has 0 atom stereocenters. The number of amides is 1. The maximum Gasteiger partial charge on any atom is 0.310 e. The predicted octanol–water partition coefficient (Wildman–Crippen LogP) is 2.94. The molecule has 0 aromatic heterocycles. The van der Waals surface area contributed by atoms with Crippen molar-refractivity contribution < 1.29 is 19.1 Å². The monoisotopic (exact) mass is 358 g/mol. The van der Waals surface area contributed by atoms with Gasteiger partial charge in [0.2, 0.25) is 0 Å². The van der Waals surface area contributed by atoms with Crippen LogP contribution in [0.2, 0.25) is 5.02 Å². The van der Waals surface area contributed by atoms with E-state index in [0.717, 1.165) is 5.56 Å². The van der Waals surface area contributed by atoms with Crippen LogP contribution in [-0.4, -0.2) is 25.6 Å². The SMILES string of the molecule is COc1ccc(CC(=O)OCC(=O)Nc2cc(Cl)ccc2C#N)cc1. The second-order valence-corrected chi connectivity index (χ2v) is 5.47. The van der Waals surface area contributed by atoms with Crippen molar-refractivity contribution in [3.05, 3.63) is 58.6 Å². The number of hydrogen-bond acceptors (Lipinski definition) is 5. The van der Waals surface area contributed by atoms with Gasteiger partial charge in [-0.05, 0) is 35.9 Å². The number of nitrogens with zero attached hydrogens (tertiary/aromatic N) is 1. The van der Waals surface area contributed by atoms with Crippen LogP contribution in [0.5, 0.6) is 5.75 Å². The molecule has 0 aliphatic carbocycles.